The smallest absolute Gasteiger partial charge is 0.229 e. The Morgan fingerprint density at radius 3 is 2.38 bits per heavy atom. The molecule has 0 aliphatic rings. The van der Waals surface area contributed by atoms with E-state index in [2.05, 4.69) is 20.6 Å². The first kappa shape index (κ1) is 17.8. The normalized spacial score (nSPS) is 10.3. The zero-order chi connectivity index (χ0) is 18.5. The summed E-state index contributed by atoms with van der Waals surface area (Å²) in [6, 6.07) is 14.9. The molecule has 2 aromatic carbocycles. The Hall–Kier alpha value is -2.99. The van der Waals surface area contributed by atoms with Crippen molar-refractivity contribution in [3.8, 4) is 11.5 Å². The van der Waals surface area contributed by atoms with Crippen LogP contribution in [0.3, 0.4) is 0 Å². The summed E-state index contributed by atoms with van der Waals surface area (Å²) in [5.41, 5.74) is 2.41. The van der Waals surface area contributed by atoms with Gasteiger partial charge in [-0.05, 0) is 37.3 Å². The van der Waals surface area contributed by atoms with Crippen LogP contribution in [0.15, 0.2) is 48.5 Å². The Balaban J connectivity index is 1.84. The number of methoxy groups -OCH3 is 2. The summed E-state index contributed by atoms with van der Waals surface area (Å²) in [6.07, 6.45) is 0. The van der Waals surface area contributed by atoms with Gasteiger partial charge >= 0.3 is 0 Å². The Kier molecular flexibility index (Phi) is 5.43. The molecule has 0 saturated heterocycles. The van der Waals surface area contributed by atoms with E-state index in [-0.39, 0.29) is 0 Å². The maximum Gasteiger partial charge on any atom is 0.229 e. The number of halogens is 1. The fourth-order valence-corrected chi connectivity index (χ4v) is 2.71. The number of anilines is 4. The number of para-hydroxylation sites is 2. The highest BCUT2D eigenvalue weighted by atomic mass is 35.5. The molecule has 0 saturated carbocycles. The zero-order valence-corrected chi connectivity index (χ0v) is 15.5. The van der Waals surface area contributed by atoms with E-state index in [0.717, 1.165) is 22.8 Å². The van der Waals surface area contributed by atoms with Crippen molar-refractivity contribution in [2.75, 3.05) is 24.9 Å². The lowest BCUT2D eigenvalue weighted by atomic mass is 10.3. The average molecular weight is 371 g/mol. The molecular weight excluding hydrogens is 352 g/mol. The van der Waals surface area contributed by atoms with Crippen molar-refractivity contribution < 1.29 is 9.47 Å². The van der Waals surface area contributed by atoms with Crippen LogP contribution in [-0.4, -0.2) is 24.2 Å². The van der Waals surface area contributed by atoms with Crippen molar-refractivity contribution in [2.45, 2.75) is 6.92 Å². The predicted molar refractivity (Wildman–Crippen MR) is 104 cm³/mol. The summed E-state index contributed by atoms with van der Waals surface area (Å²) < 4.78 is 10.5. The van der Waals surface area contributed by atoms with Gasteiger partial charge in [0.25, 0.3) is 0 Å². The van der Waals surface area contributed by atoms with Gasteiger partial charge in [0.05, 0.1) is 24.9 Å². The van der Waals surface area contributed by atoms with Gasteiger partial charge in [-0.3, -0.25) is 0 Å². The van der Waals surface area contributed by atoms with Crippen LogP contribution in [-0.2, 0) is 0 Å². The van der Waals surface area contributed by atoms with Crippen LogP contribution in [0.5, 0.6) is 11.5 Å². The Bertz CT molecular complexity index is 918. The van der Waals surface area contributed by atoms with Gasteiger partial charge in [0.2, 0.25) is 5.95 Å². The molecule has 3 aromatic rings. The number of ether oxygens (including phenoxy) is 2. The number of hydrogen-bond donors (Lipinski definition) is 2. The van der Waals surface area contributed by atoms with Crippen molar-refractivity contribution in [3.05, 3.63) is 59.2 Å². The van der Waals surface area contributed by atoms with Crippen molar-refractivity contribution in [3.63, 3.8) is 0 Å². The second-order valence-electron chi connectivity index (χ2n) is 5.52. The molecule has 0 aliphatic carbocycles. The quantitative estimate of drug-likeness (QED) is 0.640. The Labute approximate surface area is 157 Å². The van der Waals surface area contributed by atoms with Crippen LogP contribution in [0.25, 0.3) is 0 Å². The largest absolute Gasteiger partial charge is 0.495 e. The summed E-state index contributed by atoms with van der Waals surface area (Å²) in [6.45, 7) is 1.90. The van der Waals surface area contributed by atoms with Crippen molar-refractivity contribution in [1.29, 1.82) is 0 Å². The maximum absolute atomic E-state index is 6.17. The van der Waals surface area contributed by atoms with E-state index in [1.807, 2.05) is 43.3 Å². The fraction of sp³-hybridized carbons (Fsp3) is 0.158. The van der Waals surface area contributed by atoms with Crippen LogP contribution in [0, 0.1) is 6.92 Å². The van der Waals surface area contributed by atoms with Crippen LogP contribution < -0.4 is 20.1 Å². The van der Waals surface area contributed by atoms with E-state index in [1.165, 1.54) is 0 Å². The molecular formula is C19H19ClN4O2. The average Bonchev–Trinajstić information content (AvgIpc) is 2.62. The highest BCUT2D eigenvalue weighted by Gasteiger charge is 2.08. The van der Waals surface area contributed by atoms with Crippen LogP contribution >= 0.6 is 11.6 Å². The highest BCUT2D eigenvalue weighted by Crippen LogP contribution is 2.29. The molecule has 0 aliphatic heterocycles. The van der Waals surface area contributed by atoms with Crippen LogP contribution in [0.1, 0.15) is 5.69 Å². The lowest BCUT2D eigenvalue weighted by molar-refractivity contribution is 0.415. The van der Waals surface area contributed by atoms with Crippen molar-refractivity contribution >= 4 is 34.7 Å². The minimum Gasteiger partial charge on any atom is -0.495 e. The second kappa shape index (κ2) is 7.93. The summed E-state index contributed by atoms with van der Waals surface area (Å²) in [4.78, 5) is 8.93. The summed E-state index contributed by atoms with van der Waals surface area (Å²) >= 11 is 6.17. The van der Waals surface area contributed by atoms with Crippen LogP contribution in [0.4, 0.5) is 23.1 Å². The summed E-state index contributed by atoms with van der Waals surface area (Å²) in [5.74, 6) is 2.47. The molecule has 134 valence electrons. The number of hydrogen-bond acceptors (Lipinski definition) is 6. The number of nitrogens with zero attached hydrogens (tertiary/aromatic N) is 2. The topological polar surface area (TPSA) is 68.3 Å². The van der Waals surface area contributed by atoms with E-state index in [0.29, 0.717) is 22.5 Å². The van der Waals surface area contributed by atoms with Crippen molar-refractivity contribution in [1.82, 2.24) is 9.97 Å². The van der Waals surface area contributed by atoms with E-state index in [4.69, 9.17) is 21.1 Å². The van der Waals surface area contributed by atoms with E-state index in [1.54, 1.807) is 26.4 Å². The van der Waals surface area contributed by atoms with Gasteiger partial charge in [0, 0.05) is 17.4 Å². The minimum absolute atomic E-state index is 0.462. The Morgan fingerprint density at radius 2 is 1.65 bits per heavy atom. The number of rotatable bonds is 6. The molecule has 3 rings (SSSR count). The maximum atomic E-state index is 6.17. The number of nitrogens with one attached hydrogen (secondary N) is 2. The molecule has 0 atom stereocenters. The number of benzene rings is 2. The van der Waals surface area contributed by atoms with Gasteiger partial charge in [-0.25, -0.2) is 4.98 Å². The second-order valence-corrected chi connectivity index (χ2v) is 5.92. The molecule has 0 spiro atoms. The molecule has 26 heavy (non-hydrogen) atoms. The number of aryl methyl sites for hydroxylation is 1. The highest BCUT2D eigenvalue weighted by molar-refractivity contribution is 6.32. The monoisotopic (exact) mass is 370 g/mol. The zero-order valence-electron chi connectivity index (χ0n) is 14.7. The first-order chi connectivity index (χ1) is 12.6. The van der Waals surface area contributed by atoms with Gasteiger partial charge in [0.15, 0.2) is 0 Å². The molecule has 0 radical (unpaired) electrons. The SMILES string of the molecule is COc1ccc(Nc2nc(C)cc(Nc3ccccc3OC)n2)cc1Cl. The van der Waals surface area contributed by atoms with Gasteiger partial charge in [-0.2, -0.15) is 4.98 Å². The summed E-state index contributed by atoms with van der Waals surface area (Å²) in [7, 11) is 3.21. The third-order valence-electron chi connectivity index (χ3n) is 3.63. The lowest BCUT2D eigenvalue weighted by Crippen LogP contribution is -2.03. The van der Waals surface area contributed by atoms with Crippen LogP contribution in [0.2, 0.25) is 5.02 Å². The third kappa shape index (κ3) is 4.15. The van der Waals surface area contributed by atoms with E-state index in [9.17, 15) is 0 Å². The van der Waals surface area contributed by atoms with Gasteiger partial charge in [0.1, 0.15) is 17.3 Å². The molecule has 6 nitrogen and oxygen atoms in total. The number of aromatic nitrogens is 2. The molecule has 2 N–H and O–H groups in total. The van der Waals surface area contributed by atoms with Gasteiger partial charge < -0.3 is 20.1 Å². The van der Waals surface area contributed by atoms with Gasteiger partial charge in [-0.1, -0.05) is 23.7 Å². The standard InChI is InChI=1S/C19H19ClN4O2/c1-12-10-18(23-15-6-4-5-7-17(15)26-3)24-19(21-12)22-13-8-9-16(25-2)14(20)11-13/h4-11H,1-3H3,(H2,21,22,23,24). The molecule has 0 fully saturated rings. The molecule has 1 aromatic heterocycles. The lowest BCUT2D eigenvalue weighted by Gasteiger charge is -2.13. The molecule has 0 amide bonds. The minimum atomic E-state index is 0.462. The predicted octanol–water partition coefficient (Wildman–Crippen LogP) is 4.94. The van der Waals surface area contributed by atoms with Gasteiger partial charge in [-0.15, -0.1) is 0 Å². The molecule has 0 unspecified atom stereocenters. The van der Waals surface area contributed by atoms with Crippen molar-refractivity contribution in [2.24, 2.45) is 0 Å². The van der Waals surface area contributed by atoms with E-state index < -0.39 is 0 Å². The molecule has 7 heteroatoms. The first-order valence-electron chi connectivity index (χ1n) is 7.95. The fourth-order valence-electron chi connectivity index (χ4n) is 2.45. The third-order valence-corrected chi connectivity index (χ3v) is 3.93. The van der Waals surface area contributed by atoms with E-state index >= 15 is 0 Å². The summed E-state index contributed by atoms with van der Waals surface area (Å²) in [5, 5.41) is 6.93. The molecule has 1 heterocycles. The Morgan fingerprint density at radius 1 is 0.885 bits per heavy atom. The molecule has 0 bridgehead atoms. The first-order valence-corrected chi connectivity index (χ1v) is 8.33.